The normalized spacial score (nSPS) is 21.9. The Labute approximate surface area is 118 Å². The molecule has 2 heteroatoms. The Morgan fingerprint density at radius 3 is 2.74 bits per heavy atom. The summed E-state index contributed by atoms with van der Waals surface area (Å²) in [6, 6.07) is 8.01. The highest BCUT2D eigenvalue weighted by Gasteiger charge is 2.35. The first kappa shape index (κ1) is 12.7. The maximum atomic E-state index is 12.7. The summed E-state index contributed by atoms with van der Waals surface area (Å²) in [5.74, 6) is 0.393. The summed E-state index contributed by atoms with van der Waals surface area (Å²) in [4.78, 5) is 15.1. The van der Waals surface area contributed by atoms with E-state index in [-0.39, 0.29) is 5.92 Å². The maximum Gasteiger partial charge on any atom is 0.172 e. The average molecular weight is 270 g/mol. The predicted molar refractivity (Wildman–Crippen MR) is 80.4 cm³/mol. The second-order valence-electron chi connectivity index (χ2n) is 5.12. The van der Waals surface area contributed by atoms with Crippen molar-refractivity contribution in [1.82, 2.24) is 0 Å². The monoisotopic (exact) mass is 270 g/mol. The fourth-order valence-electron chi connectivity index (χ4n) is 2.89. The van der Waals surface area contributed by atoms with Gasteiger partial charge in [0.25, 0.3) is 0 Å². The molecule has 1 aliphatic heterocycles. The van der Waals surface area contributed by atoms with Gasteiger partial charge in [-0.15, -0.1) is 0 Å². The molecule has 1 unspecified atom stereocenters. The summed E-state index contributed by atoms with van der Waals surface area (Å²) < 4.78 is 0. The molecule has 98 valence electrons. The summed E-state index contributed by atoms with van der Waals surface area (Å²) in [5, 5.41) is 0. The molecule has 1 heterocycles. The number of hydrogen-bond donors (Lipinski definition) is 0. The van der Waals surface area contributed by atoms with Crippen LogP contribution < -0.4 is 0 Å². The summed E-state index contributed by atoms with van der Waals surface area (Å²) >= 11 is 1.80. The van der Waals surface area contributed by atoms with Gasteiger partial charge in [0.2, 0.25) is 0 Å². The quantitative estimate of drug-likeness (QED) is 0.752. The van der Waals surface area contributed by atoms with Crippen molar-refractivity contribution >= 4 is 17.5 Å². The third kappa shape index (κ3) is 2.08. The third-order valence-corrected chi connectivity index (χ3v) is 5.34. The number of thioether (sulfide) groups is 1. The topological polar surface area (TPSA) is 17.1 Å². The Balaban J connectivity index is 2.12. The first-order valence-corrected chi connectivity index (χ1v) is 7.79. The van der Waals surface area contributed by atoms with E-state index in [1.807, 2.05) is 18.2 Å². The highest BCUT2D eigenvalue weighted by molar-refractivity contribution is 8.03. The molecule has 19 heavy (non-hydrogen) atoms. The smallest absolute Gasteiger partial charge is 0.172 e. The van der Waals surface area contributed by atoms with Gasteiger partial charge in [0.15, 0.2) is 5.78 Å². The Morgan fingerprint density at radius 2 is 2.00 bits per heavy atom. The van der Waals surface area contributed by atoms with E-state index in [0.29, 0.717) is 5.78 Å². The number of ketones is 1. The van der Waals surface area contributed by atoms with E-state index < -0.39 is 0 Å². The summed E-state index contributed by atoms with van der Waals surface area (Å²) in [6.45, 7) is 4.36. The van der Waals surface area contributed by atoms with Crippen molar-refractivity contribution in [2.45, 2.75) is 38.0 Å². The van der Waals surface area contributed by atoms with Gasteiger partial charge in [-0.2, -0.15) is 0 Å². The molecule has 1 nitrogen and oxygen atoms in total. The lowest BCUT2D eigenvalue weighted by atomic mass is 9.83. The Hall–Kier alpha value is -1.28. The molecular weight excluding hydrogens is 252 g/mol. The van der Waals surface area contributed by atoms with Crippen LogP contribution in [0.5, 0.6) is 0 Å². The van der Waals surface area contributed by atoms with Crippen LogP contribution >= 0.6 is 11.8 Å². The van der Waals surface area contributed by atoms with Crippen LogP contribution in [-0.2, 0) is 0 Å². The van der Waals surface area contributed by atoms with Crippen molar-refractivity contribution in [3.63, 3.8) is 0 Å². The lowest BCUT2D eigenvalue weighted by molar-refractivity contribution is 0.0936. The van der Waals surface area contributed by atoms with Gasteiger partial charge in [-0.1, -0.05) is 55.5 Å². The standard InChI is InChI=1S/C17H18OS/c1-3-11-9-12(4-2)17-14(10-11)16(18)13-7-5-6-8-15(13)19-17/h5-9,14H,3-4,10H2,1-2H3. The summed E-state index contributed by atoms with van der Waals surface area (Å²) in [6.07, 6.45) is 5.29. The van der Waals surface area contributed by atoms with Gasteiger partial charge in [-0.3, -0.25) is 4.79 Å². The lowest BCUT2D eigenvalue weighted by Crippen LogP contribution is -2.24. The van der Waals surface area contributed by atoms with Crippen molar-refractivity contribution < 1.29 is 4.79 Å². The number of carbonyl (C=O) groups excluding carboxylic acids is 1. The minimum Gasteiger partial charge on any atom is -0.293 e. The highest BCUT2D eigenvalue weighted by Crippen LogP contribution is 2.48. The maximum absolute atomic E-state index is 12.7. The fourth-order valence-corrected chi connectivity index (χ4v) is 4.22. The second-order valence-corrected chi connectivity index (χ2v) is 6.20. The van der Waals surface area contributed by atoms with Crippen molar-refractivity contribution in [1.29, 1.82) is 0 Å². The van der Waals surface area contributed by atoms with Gasteiger partial charge < -0.3 is 0 Å². The number of allylic oxidation sites excluding steroid dienone is 4. The molecule has 2 aliphatic rings. The molecular formula is C17H18OS. The molecule has 0 saturated carbocycles. The number of carbonyl (C=O) groups is 1. The van der Waals surface area contributed by atoms with Crippen LogP contribution in [0.3, 0.4) is 0 Å². The zero-order valence-corrected chi connectivity index (χ0v) is 12.2. The molecule has 0 amide bonds. The van der Waals surface area contributed by atoms with Crippen LogP contribution in [0, 0.1) is 5.92 Å². The first-order chi connectivity index (χ1) is 9.24. The van der Waals surface area contributed by atoms with Crippen LogP contribution in [0.15, 0.2) is 51.3 Å². The van der Waals surface area contributed by atoms with Gasteiger partial charge in [0.05, 0.1) is 5.92 Å². The lowest BCUT2D eigenvalue weighted by Gasteiger charge is -2.31. The van der Waals surface area contributed by atoms with Crippen LogP contribution in [-0.4, -0.2) is 5.78 Å². The van der Waals surface area contributed by atoms with Gasteiger partial charge in [-0.25, -0.2) is 0 Å². The predicted octanol–water partition coefficient (Wildman–Crippen LogP) is 5.00. The zero-order chi connectivity index (χ0) is 13.4. The van der Waals surface area contributed by atoms with E-state index in [0.717, 1.165) is 29.7 Å². The van der Waals surface area contributed by atoms with Crippen LogP contribution in [0.1, 0.15) is 43.5 Å². The molecule has 0 fully saturated rings. The van der Waals surface area contributed by atoms with Crippen molar-refractivity contribution in [2.24, 2.45) is 5.92 Å². The average Bonchev–Trinajstić information content (AvgIpc) is 2.47. The second kappa shape index (κ2) is 5.01. The van der Waals surface area contributed by atoms with Crippen molar-refractivity contribution in [3.8, 4) is 0 Å². The molecule has 1 aromatic carbocycles. The van der Waals surface area contributed by atoms with E-state index in [4.69, 9.17) is 0 Å². The van der Waals surface area contributed by atoms with E-state index in [1.54, 1.807) is 11.8 Å². The van der Waals surface area contributed by atoms with E-state index in [2.05, 4.69) is 26.0 Å². The van der Waals surface area contributed by atoms with E-state index >= 15 is 0 Å². The molecule has 0 bridgehead atoms. The number of hydrogen-bond acceptors (Lipinski definition) is 2. The molecule has 0 saturated heterocycles. The summed E-state index contributed by atoms with van der Waals surface area (Å²) in [5.41, 5.74) is 3.69. The SMILES string of the molecule is CCC1=CC(CC)=C2Sc3ccccc3C(=O)C2C1. The first-order valence-electron chi connectivity index (χ1n) is 6.98. The van der Waals surface area contributed by atoms with Gasteiger partial charge in [0, 0.05) is 15.4 Å². The number of rotatable bonds is 2. The Morgan fingerprint density at radius 1 is 1.21 bits per heavy atom. The van der Waals surface area contributed by atoms with Crippen LogP contribution in [0.25, 0.3) is 0 Å². The molecule has 1 atom stereocenters. The molecule has 0 N–H and O–H groups in total. The number of benzene rings is 1. The molecule has 0 radical (unpaired) electrons. The number of fused-ring (bicyclic) bond motifs is 2. The van der Waals surface area contributed by atoms with Gasteiger partial charge >= 0.3 is 0 Å². The summed E-state index contributed by atoms with van der Waals surface area (Å²) in [7, 11) is 0. The number of Topliss-reactive ketones (excluding diaryl/α,β-unsaturated/α-hetero) is 1. The largest absolute Gasteiger partial charge is 0.293 e. The molecule has 3 rings (SSSR count). The van der Waals surface area contributed by atoms with E-state index in [9.17, 15) is 4.79 Å². The van der Waals surface area contributed by atoms with E-state index in [1.165, 1.54) is 16.1 Å². The minimum absolute atomic E-state index is 0.0785. The van der Waals surface area contributed by atoms with Gasteiger partial charge in [0.1, 0.15) is 0 Å². The van der Waals surface area contributed by atoms with Crippen molar-refractivity contribution in [2.75, 3.05) is 0 Å². The third-order valence-electron chi connectivity index (χ3n) is 4.00. The van der Waals surface area contributed by atoms with Gasteiger partial charge in [-0.05, 0) is 30.9 Å². The zero-order valence-electron chi connectivity index (χ0n) is 11.4. The molecule has 0 spiro atoms. The fraction of sp³-hybridized carbons (Fsp3) is 0.353. The molecule has 0 aromatic heterocycles. The van der Waals surface area contributed by atoms with Crippen LogP contribution in [0.4, 0.5) is 0 Å². The highest BCUT2D eigenvalue weighted by atomic mass is 32.2. The van der Waals surface area contributed by atoms with Crippen LogP contribution in [0.2, 0.25) is 0 Å². The van der Waals surface area contributed by atoms with Crippen molar-refractivity contribution in [3.05, 3.63) is 52.0 Å². The molecule has 1 aliphatic carbocycles. The molecule has 1 aromatic rings. The Bertz CT molecular complexity index is 595. The Kier molecular flexibility index (Phi) is 3.36. The minimum atomic E-state index is 0.0785.